The fourth-order valence-electron chi connectivity index (χ4n) is 1.10. The number of nitrogens with one attached hydrogen (secondary N) is 1. The van der Waals surface area contributed by atoms with E-state index in [2.05, 4.69) is 0 Å². The van der Waals surface area contributed by atoms with Gasteiger partial charge in [-0.3, -0.25) is 0 Å². The van der Waals surface area contributed by atoms with Crippen LogP contribution in [0.15, 0.2) is 0 Å². The Morgan fingerprint density at radius 3 is 1.75 bits per heavy atom. The van der Waals surface area contributed by atoms with Crippen LogP contribution in [0.25, 0.3) is 5.73 Å². The van der Waals surface area contributed by atoms with Crippen molar-refractivity contribution in [1.82, 2.24) is 0 Å². The predicted molar refractivity (Wildman–Crippen MR) is 31.2 cm³/mol. The molecular formula is C6H12NPt-. The largest absolute Gasteiger partial charge is 0.675 e. The quantitative estimate of drug-likeness (QED) is 0.655. The summed E-state index contributed by atoms with van der Waals surface area (Å²) in [6, 6.07) is 0.286. The molecule has 1 saturated carbocycles. The van der Waals surface area contributed by atoms with E-state index < -0.39 is 0 Å². The van der Waals surface area contributed by atoms with Crippen LogP contribution in [0.2, 0.25) is 0 Å². The first-order valence-electron chi connectivity index (χ1n) is 3.11. The minimum atomic E-state index is 0. The van der Waals surface area contributed by atoms with E-state index in [0.29, 0.717) is 0 Å². The first kappa shape index (κ1) is 8.65. The van der Waals surface area contributed by atoms with Gasteiger partial charge < -0.3 is 5.73 Å². The van der Waals surface area contributed by atoms with Crippen molar-refractivity contribution >= 4 is 0 Å². The molecule has 0 aromatic heterocycles. The van der Waals surface area contributed by atoms with Crippen LogP contribution in [0.3, 0.4) is 0 Å². The fourth-order valence-corrected chi connectivity index (χ4v) is 1.10. The molecule has 8 heavy (non-hydrogen) atoms. The molecule has 1 nitrogen and oxygen atoms in total. The second kappa shape index (κ2) is 4.52. The van der Waals surface area contributed by atoms with Gasteiger partial charge in [-0.15, -0.1) is 6.04 Å². The summed E-state index contributed by atoms with van der Waals surface area (Å²) >= 11 is 0. The summed E-state index contributed by atoms with van der Waals surface area (Å²) in [4.78, 5) is 0. The third kappa shape index (κ3) is 2.84. The van der Waals surface area contributed by atoms with Crippen LogP contribution in [-0.2, 0) is 21.1 Å². The SMILES string of the molecule is [NH-]C1CCCCC1.[Pt]. The van der Waals surface area contributed by atoms with Crippen molar-refractivity contribution in [2.24, 2.45) is 0 Å². The Labute approximate surface area is 65.3 Å². The van der Waals surface area contributed by atoms with Crippen molar-refractivity contribution in [2.45, 2.75) is 38.1 Å². The van der Waals surface area contributed by atoms with E-state index in [9.17, 15) is 0 Å². The van der Waals surface area contributed by atoms with E-state index in [0.717, 1.165) is 12.8 Å². The van der Waals surface area contributed by atoms with Crippen molar-refractivity contribution in [3.63, 3.8) is 0 Å². The van der Waals surface area contributed by atoms with Crippen LogP contribution in [0.5, 0.6) is 0 Å². The molecule has 0 unspecified atom stereocenters. The van der Waals surface area contributed by atoms with E-state index in [1.807, 2.05) is 0 Å². The average Bonchev–Trinajstić information content (AvgIpc) is 1.69. The summed E-state index contributed by atoms with van der Waals surface area (Å²) in [5.74, 6) is 0. The smallest absolute Gasteiger partial charge is 0 e. The maximum atomic E-state index is 7.27. The Morgan fingerprint density at radius 2 is 1.50 bits per heavy atom. The van der Waals surface area contributed by atoms with Gasteiger partial charge in [-0.1, -0.05) is 32.1 Å². The van der Waals surface area contributed by atoms with Crippen LogP contribution in [-0.4, -0.2) is 6.04 Å². The topological polar surface area (TPSA) is 23.8 Å². The van der Waals surface area contributed by atoms with E-state index in [1.54, 1.807) is 0 Å². The Morgan fingerprint density at radius 1 is 1.00 bits per heavy atom. The molecule has 0 spiro atoms. The summed E-state index contributed by atoms with van der Waals surface area (Å²) in [6.45, 7) is 0. The molecule has 0 atom stereocenters. The summed E-state index contributed by atoms with van der Waals surface area (Å²) in [7, 11) is 0. The monoisotopic (exact) mass is 293 g/mol. The van der Waals surface area contributed by atoms with Gasteiger partial charge in [0.15, 0.2) is 0 Å². The molecule has 0 aromatic carbocycles. The molecule has 1 aliphatic carbocycles. The van der Waals surface area contributed by atoms with E-state index in [1.165, 1.54) is 19.3 Å². The molecule has 0 aromatic rings. The van der Waals surface area contributed by atoms with Crippen molar-refractivity contribution in [1.29, 1.82) is 0 Å². The molecule has 2 heteroatoms. The first-order valence-corrected chi connectivity index (χ1v) is 3.11. The molecule has 0 amide bonds. The van der Waals surface area contributed by atoms with Crippen LogP contribution in [0.1, 0.15) is 32.1 Å². The van der Waals surface area contributed by atoms with Crippen LogP contribution in [0, 0.1) is 0 Å². The Kier molecular flexibility index (Phi) is 4.89. The van der Waals surface area contributed by atoms with Gasteiger partial charge in [0, 0.05) is 21.1 Å². The predicted octanol–water partition coefficient (Wildman–Crippen LogP) is 2.37. The summed E-state index contributed by atoms with van der Waals surface area (Å²) in [5, 5.41) is 0. The van der Waals surface area contributed by atoms with Gasteiger partial charge >= 0.3 is 0 Å². The van der Waals surface area contributed by atoms with E-state index in [-0.39, 0.29) is 27.1 Å². The van der Waals surface area contributed by atoms with Gasteiger partial charge in [-0.05, 0) is 0 Å². The van der Waals surface area contributed by atoms with Crippen LogP contribution >= 0.6 is 0 Å². The minimum absolute atomic E-state index is 0. The first-order chi connectivity index (χ1) is 3.39. The maximum Gasteiger partial charge on any atom is 0 e. The summed E-state index contributed by atoms with van der Waals surface area (Å²) in [6.07, 6.45) is 6.28. The second-order valence-corrected chi connectivity index (χ2v) is 2.33. The van der Waals surface area contributed by atoms with Gasteiger partial charge in [0.2, 0.25) is 0 Å². The summed E-state index contributed by atoms with van der Waals surface area (Å²) < 4.78 is 0. The van der Waals surface area contributed by atoms with Crippen molar-refractivity contribution in [3.05, 3.63) is 5.73 Å². The normalized spacial score (nSPS) is 22.1. The number of rotatable bonds is 0. The third-order valence-electron chi connectivity index (χ3n) is 1.61. The van der Waals surface area contributed by atoms with Gasteiger partial charge in [0.1, 0.15) is 0 Å². The Bertz CT molecular complexity index is 50.5. The maximum absolute atomic E-state index is 7.27. The van der Waals surface area contributed by atoms with Crippen molar-refractivity contribution < 1.29 is 21.1 Å². The molecular weight excluding hydrogens is 281 g/mol. The zero-order valence-corrected chi connectivity index (χ0v) is 7.20. The molecule has 52 valence electrons. The molecule has 0 radical (unpaired) electrons. The molecule has 1 aliphatic rings. The zero-order valence-electron chi connectivity index (χ0n) is 4.93. The Hall–Kier alpha value is 0.648. The molecule has 1 N–H and O–H groups in total. The average molecular weight is 293 g/mol. The van der Waals surface area contributed by atoms with Gasteiger partial charge in [-0.25, -0.2) is 0 Å². The van der Waals surface area contributed by atoms with Gasteiger partial charge in [0.25, 0.3) is 0 Å². The molecule has 1 rings (SSSR count). The van der Waals surface area contributed by atoms with E-state index in [4.69, 9.17) is 5.73 Å². The molecule has 0 saturated heterocycles. The fraction of sp³-hybridized carbons (Fsp3) is 1.00. The number of hydrogen-bond donors (Lipinski definition) is 0. The van der Waals surface area contributed by atoms with E-state index >= 15 is 0 Å². The van der Waals surface area contributed by atoms with Crippen LogP contribution in [0.4, 0.5) is 0 Å². The summed E-state index contributed by atoms with van der Waals surface area (Å²) in [5.41, 5.74) is 7.27. The Balaban J connectivity index is 0.000000490. The third-order valence-corrected chi connectivity index (χ3v) is 1.61. The van der Waals surface area contributed by atoms with Gasteiger partial charge in [0.05, 0.1) is 0 Å². The minimum Gasteiger partial charge on any atom is -0.675 e. The van der Waals surface area contributed by atoms with Crippen molar-refractivity contribution in [2.75, 3.05) is 0 Å². The van der Waals surface area contributed by atoms with Crippen molar-refractivity contribution in [3.8, 4) is 0 Å². The zero-order chi connectivity index (χ0) is 5.11. The van der Waals surface area contributed by atoms with Crippen LogP contribution < -0.4 is 0 Å². The molecule has 0 heterocycles. The molecule has 1 fully saturated rings. The van der Waals surface area contributed by atoms with Gasteiger partial charge in [-0.2, -0.15) is 0 Å². The molecule has 0 aliphatic heterocycles. The molecule has 0 bridgehead atoms. The second-order valence-electron chi connectivity index (χ2n) is 2.33. The standard InChI is InChI=1S/C6H12N.Pt/c7-6-4-2-1-3-5-6;/h6-7H,1-5H2;/q-1;. The number of hydrogen-bond acceptors (Lipinski definition) is 0.